The molecule has 7 heteroatoms. The second-order valence-corrected chi connectivity index (χ2v) is 7.37. The molecule has 1 atom stereocenters. The lowest BCUT2D eigenvalue weighted by Crippen LogP contribution is -2.56. The molecule has 142 valence electrons. The fourth-order valence-electron chi connectivity index (χ4n) is 3.95. The van der Waals surface area contributed by atoms with Gasteiger partial charge in [0.15, 0.2) is 0 Å². The number of amides is 2. The molecule has 3 saturated heterocycles. The first-order chi connectivity index (χ1) is 12.1. The minimum atomic E-state index is -0.0461. The summed E-state index contributed by atoms with van der Waals surface area (Å²) >= 11 is 0. The summed E-state index contributed by atoms with van der Waals surface area (Å²) in [6, 6.07) is -0.0461. The lowest BCUT2D eigenvalue weighted by molar-refractivity contribution is -0.140. The van der Waals surface area contributed by atoms with Crippen LogP contribution in [-0.2, 0) is 14.3 Å². The van der Waals surface area contributed by atoms with E-state index in [9.17, 15) is 9.59 Å². The van der Waals surface area contributed by atoms with Gasteiger partial charge >= 0.3 is 0 Å². The number of piperidine rings is 1. The molecular formula is C18H32N4O3. The molecule has 0 bridgehead atoms. The zero-order valence-electron chi connectivity index (χ0n) is 15.5. The molecule has 0 spiro atoms. The Morgan fingerprint density at radius 1 is 0.840 bits per heavy atom. The summed E-state index contributed by atoms with van der Waals surface area (Å²) < 4.78 is 5.30. The largest absolute Gasteiger partial charge is 0.378 e. The van der Waals surface area contributed by atoms with Crippen LogP contribution in [0, 0.1) is 0 Å². The van der Waals surface area contributed by atoms with E-state index in [1.165, 1.54) is 6.42 Å². The molecule has 3 rings (SSSR count). The van der Waals surface area contributed by atoms with Crippen molar-refractivity contribution in [1.82, 2.24) is 19.6 Å². The van der Waals surface area contributed by atoms with Crippen LogP contribution in [0.15, 0.2) is 0 Å². The van der Waals surface area contributed by atoms with Gasteiger partial charge in [0.2, 0.25) is 11.8 Å². The zero-order valence-corrected chi connectivity index (χ0v) is 15.5. The summed E-state index contributed by atoms with van der Waals surface area (Å²) in [5, 5.41) is 0. The number of piperazine rings is 1. The number of carbonyl (C=O) groups is 2. The van der Waals surface area contributed by atoms with E-state index in [1.807, 2.05) is 16.7 Å². The number of hydrogen-bond acceptors (Lipinski definition) is 5. The molecule has 3 heterocycles. The molecule has 0 aliphatic carbocycles. The molecule has 1 unspecified atom stereocenters. The first kappa shape index (κ1) is 18.6. The van der Waals surface area contributed by atoms with Crippen molar-refractivity contribution in [3.8, 4) is 0 Å². The van der Waals surface area contributed by atoms with Gasteiger partial charge in [-0.25, -0.2) is 0 Å². The Labute approximate surface area is 150 Å². The number of ether oxygens (including phenoxy) is 1. The fourth-order valence-corrected chi connectivity index (χ4v) is 3.95. The highest BCUT2D eigenvalue weighted by molar-refractivity contribution is 5.81. The van der Waals surface area contributed by atoms with E-state index in [-0.39, 0.29) is 17.9 Å². The van der Waals surface area contributed by atoms with Crippen LogP contribution >= 0.6 is 0 Å². The molecule has 0 N–H and O–H groups in total. The van der Waals surface area contributed by atoms with Crippen LogP contribution < -0.4 is 0 Å². The van der Waals surface area contributed by atoms with Gasteiger partial charge < -0.3 is 14.5 Å². The second-order valence-electron chi connectivity index (χ2n) is 7.37. The van der Waals surface area contributed by atoms with Crippen molar-refractivity contribution in [2.45, 2.75) is 32.2 Å². The van der Waals surface area contributed by atoms with E-state index < -0.39 is 0 Å². The van der Waals surface area contributed by atoms with E-state index in [4.69, 9.17) is 4.74 Å². The molecule has 0 aromatic rings. The Balaban J connectivity index is 1.41. The summed E-state index contributed by atoms with van der Waals surface area (Å²) in [5.74, 6) is 0.478. The summed E-state index contributed by atoms with van der Waals surface area (Å²) in [6.45, 7) is 10.5. The Morgan fingerprint density at radius 2 is 1.48 bits per heavy atom. The highest BCUT2D eigenvalue weighted by atomic mass is 16.5. The topological polar surface area (TPSA) is 56.3 Å². The Morgan fingerprint density at radius 3 is 2.12 bits per heavy atom. The van der Waals surface area contributed by atoms with E-state index in [1.54, 1.807) is 0 Å². The zero-order chi connectivity index (χ0) is 17.6. The minimum Gasteiger partial charge on any atom is -0.378 e. The molecule has 0 aromatic carbocycles. The lowest BCUT2D eigenvalue weighted by Gasteiger charge is -2.40. The van der Waals surface area contributed by atoms with Gasteiger partial charge in [-0.3, -0.25) is 19.4 Å². The van der Waals surface area contributed by atoms with Crippen LogP contribution in [0.2, 0.25) is 0 Å². The fraction of sp³-hybridized carbons (Fsp3) is 0.889. The smallest absolute Gasteiger partial charge is 0.239 e. The third-order valence-corrected chi connectivity index (χ3v) is 5.70. The maximum Gasteiger partial charge on any atom is 0.239 e. The van der Waals surface area contributed by atoms with Gasteiger partial charge in [0.1, 0.15) is 0 Å². The average Bonchev–Trinajstić information content (AvgIpc) is 2.69. The van der Waals surface area contributed by atoms with Gasteiger partial charge in [-0.1, -0.05) is 0 Å². The third-order valence-electron chi connectivity index (χ3n) is 5.70. The molecule has 3 fully saturated rings. The van der Waals surface area contributed by atoms with Gasteiger partial charge in [0, 0.05) is 52.4 Å². The van der Waals surface area contributed by atoms with Gasteiger partial charge in [-0.2, -0.15) is 0 Å². The summed E-state index contributed by atoms with van der Waals surface area (Å²) in [7, 11) is 0. The van der Waals surface area contributed by atoms with Crippen LogP contribution in [0.5, 0.6) is 0 Å². The Kier molecular flexibility index (Phi) is 6.67. The molecule has 0 aromatic heterocycles. The summed E-state index contributed by atoms with van der Waals surface area (Å²) in [4.78, 5) is 33.4. The second kappa shape index (κ2) is 8.96. The van der Waals surface area contributed by atoms with Crippen molar-refractivity contribution in [2.75, 3.05) is 72.1 Å². The predicted molar refractivity (Wildman–Crippen MR) is 95.3 cm³/mol. The minimum absolute atomic E-state index is 0.0461. The lowest BCUT2D eigenvalue weighted by atomic mass is 10.1. The predicted octanol–water partition coefficient (Wildman–Crippen LogP) is -0.136. The highest BCUT2D eigenvalue weighted by Gasteiger charge is 2.30. The average molecular weight is 352 g/mol. The first-order valence-electron chi connectivity index (χ1n) is 9.76. The van der Waals surface area contributed by atoms with Gasteiger partial charge in [-0.15, -0.1) is 0 Å². The van der Waals surface area contributed by atoms with Crippen LogP contribution in [0.4, 0.5) is 0 Å². The molecule has 25 heavy (non-hydrogen) atoms. The highest BCUT2D eigenvalue weighted by Crippen LogP contribution is 2.14. The maximum absolute atomic E-state index is 12.7. The Bertz CT molecular complexity index is 453. The molecule has 2 amide bonds. The number of nitrogens with zero attached hydrogens (tertiary/aromatic N) is 4. The number of rotatable bonds is 4. The number of hydrogen-bond donors (Lipinski definition) is 0. The Hall–Kier alpha value is -1.18. The summed E-state index contributed by atoms with van der Waals surface area (Å²) in [6.07, 6.45) is 3.51. The van der Waals surface area contributed by atoms with E-state index in [0.717, 1.165) is 52.1 Å². The quantitative estimate of drug-likeness (QED) is 0.705. The van der Waals surface area contributed by atoms with Crippen molar-refractivity contribution < 1.29 is 14.3 Å². The summed E-state index contributed by atoms with van der Waals surface area (Å²) in [5.41, 5.74) is 0. The molecule has 7 nitrogen and oxygen atoms in total. The molecule has 0 saturated carbocycles. The van der Waals surface area contributed by atoms with E-state index in [0.29, 0.717) is 32.8 Å². The maximum atomic E-state index is 12.7. The van der Waals surface area contributed by atoms with Crippen LogP contribution in [0.3, 0.4) is 0 Å². The van der Waals surface area contributed by atoms with Crippen molar-refractivity contribution in [3.63, 3.8) is 0 Å². The van der Waals surface area contributed by atoms with Gasteiger partial charge in [0.25, 0.3) is 0 Å². The van der Waals surface area contributed by atoms with Gasteiger partial charge in [-0.05, 0) is 26.2 Å². The third kappa shape index (κ3) is 4.92. The first-order valence-corrected chi connectivity index (χ1v) is 9.76. The van der Waals surface area contributed by atoms with Crippen molar-refractivity contribution in [3.05, 3.63) is 0 Å². The molecular weight excluding hydrogens is 320 g/mol. The number of likely N-dealkylation sites (tertiary alicyclic amines) is 1. The van der Waals surface area contributed by atoms with E-state index >= 15 is 0 Å². The number of carbonyl (C=O) groups excluding carboxylic acids is 2. The normalized spacial score (nSPS) is 25.0. The van der Waals surface area contributed by atoms with Crippen LogP contribution in [0.1, 0.15) is 26.2 Å². The molecule has 3 aliphatic heterocycles. The van der Waals surface area contributed by atoms with E-state index in [2.05, 4.69) is 9.80 Å². The van der Waals surface area contributed by atoms with Crippen molar-refractivity contribution >= 4 is 11.8 Å². The number of morpholine rings is 1. The van der Waals surface area contributed by atoms with Crippen LogP contribution in [0.25, 0.3) is 0 Å². The van der Waals surface area contributed by atoms with Crippen molar-refractivity contribution in [1.29, 1.82) is 0 Å². The molecule has 0 radical (unpaired) electrons. The molecule has 3 aliphatic rings. The monoisotopic (exact) mass is 352 g/mol. The SMILES string of the molecule is CC(C(=O)N1CCCCC1)N1CCN(CC(=O)N2CCOCC2)CC1. The standard InChI is InChI=1S/C18H32N4O3/c1-16(18(24)22-5-3-2-4-6-22)20-9-7-19(8-10-20)15-17(23)21-11-13-25-14-12-21/h16H,2-15H2,1H3. The van der Waals surface area contributed by atoms with Gasteiger partial charge in [0.05, 0.1) is 25.8 Å². The van der Waals surface area contributed by atoms with Crippen LogP contribution in [-0.4, -0.2) is 110 Å². The van der Waals surface area contributed by atoms with Crippen molar-refractivity contribution in [2.24, 2.45) is 0 Å².